The Kier molecular flexibility index (Phi) is 2.76. The highest BCUT2D eigenvalue weighted by atomic mass is 15.3. The second-order valence-electron chi connectivity index (χ2n) is 3.62. The van der Waals surface area contributed by atoms with Crippen molar-refractivity contribution in [3.05, 3.63) is 35.7 Å². The maximum atomic E-state index is 4.09. The van der Waals surface area contributed by atoms with Crippen LogP contribution in [0.4, 0.5) is 11.6 Å². The van der Waals surface area contributed by atoms with Gasteiger partial charge in [0.2, 0.25) is 0 Å². The molecule has 2 aromatic heterocycles. The van der Waals surface area contributed by atoms with Crippen molar-refractivity contribution < 1.29 is 0 Å². The smallest absolute Gasteiger partial charge is 0.156 e. The van der Waals surface area contributed by atoms with Gasteiger partial charge in [-0.2, -0.15) is 10.2 Å². The highest BCUT2D eigenvalue weighted by Crippen LogP contribution is 2.17. The second kappa shape index (κ2) is 4.22. The number of aromatic nitrogens is 4. The Bertz CT molecular complexity index is 417. The van der Waals surface area contributed by atoms with Gasteiger partial charge in [-0.1, -0.05) is 0 Å². The molecule has 0 unspecified atom stereocenters. The summed E-state index contributed by atoms with van der Waals surface area (Å²) in [6, 6.07) is 7.65. The van der Waals surface area contributed by atoms with E-state index >= 15 is 0 Å². The minimum absolute atomic E-state index is 0.753. The first-order valence-electron chi connectivity index (χ1n) is 5.01. The Balaban J connectivity index is 2.28. The maximum absolute atomic E-state index is 4.09. The van der Waals surface area contributed by atoms with Crippen molar-refractivity contribution in [2.24, 2.45) is 0 Å². The molecule has 0 aliphatic heterocycles. The summed E-state index contributed by atoms with van der Waals surface area (Å²) in [5.74, 6) is 1.51. The first-order chi connectivity index (χ1) is 7.66. The van der Waals surface area contributed by atoms with E-state index in [1.165, 1.54) is 0 Å². The molecule has 0 radical (unpaired) electrons. The van der Waals surface area contributed by atoms with Crippen molar-refractivity contribution >= 4 is 11.6 Å². The van der Waals surface area contributed by atoms with Crippen LogP contribution in [0.5, 0.6) is 0 Å². The van der Waals surface area contributed by atoms with Crippen LogP contribution >= 0.6 is 0 Å². The molecule has 82 valence electrons. The van der Waals surface area contributed by atoms with Gasteiger partial charge in [-0.05, 0) is 38.1 Å². The monoisotopic (exact) mass is 215 g/mol. The summed E-state index contributed by atoms with van der Waals surface area (Å²) in [5, 5.41) is 16.2. The van der Waals surface area contributed by atoms with Crippen molar-refractivity contribution in [3.63, 3.8) is 0 Å². The number of hydrogen-bond donors (Lipinski definition) is 0. The largest absolute Gasteiger partial charge is 0.311 e. The molecular weight excluding hydrogens is 202 g/mol. The predicted molar refractivity (Wildman–Crippen MR) is 61.6 cm³/mol. The van der Waals surface area contributed by atoms with E-state index in [9.17, 15) is 0 Å². The topological polar surface area (TPSA) is 54.8 Å². The molecule has 0 N–H and O–H groups in total. The summed E-state index contributed by atoms with van der Waals surface area (Å²) in [6.07, 6.45) is 0. The minimum atomic E-state index is 0.753. The third-order valence-electron chi connectivity index (χ3n) is 2.25. The third-order valence-corrected chi connectivity index (χ3v) is 2.25. The van der Waals surface area contributed by atoms with Crippen molar-refractivity contribution in [1.82, 2.24) is 20.4 Å². The number of rotatable bonds is 2. The number of anilines is 2. The molecule has 0 atom stereocenters. The molecule has 0 fully saturated rings. The van der Waals surface area contributed by atoms with Crippen LogP contribution in [-0.2, 0) is 0 Å². The van der Waals surface area contributed by atoms with E-state index in [1.807, 2.05) is 50.1 Å². The van der Waals surface area contributed by atoms with Crippen LogP contribution in [0.2, 0.25) is 0 Å². The average molecular weight is 215 g/mol. The fourth-order valence-corrected chi connectivity index (χ4v) is 1.26. The van der Waals surface area contributed by atoms with Gasteiger partial charge >= 0.3 is 0 Å². The fraction of sp³-hybridized carbons (Fsp3) is 0.273. The zero-order chi connectivity index (χ0) is 11.5. The van der Waals surface area contributed by atoms with Crippen LogP contribution in [0, 0.1) is 13.8 Å². The number of aryl methyl sites for hydroxylation is 2. The molecule has 0 saturated carbocycles. The highest BCUT2D eigenvalue weighted by Gasteiger charge is 2.06. The quantitative estimate of drug-likeness (QED) is 0.762. The van der Waals surface area contributed by atoms with Crippen molar-refractivity contribution in [2.45, 2.75) is 13.8 Å². The lowest BCUT2D eigenvalue weighted by Crippen LogP contribution is -2.14. The molecular formula is C11H13N5. The van der Waals surface area contributed by atoms with E-state index in [0.29, 0.717) is 0 Å². The molecule has 2 rings (SSSR count). The van der Waals surface area contributed by atoms with Gasteiger partial charge in [0, 0.05) is 7.05 Å². The van der Waals surface area contributed by atoms with Crippen LogP contribution in [0.25, 0.3) is 0 Å². The van der Waals surface area contributed by atoms with Gasteiger partial charge in [-0.3, -0.25) is 0 Å². The van der Waals surface area contributed by atoms with Crippen LogP contribution in [-0.4, -0.2) is 27.4 Å². The summed E-state index contributed by atoms with van der Waals surface area (Å²) in [7, 11) is 1.89. The Morgan fingerprint density at radius 2 is 1.19 bits per heavy atom. The first kappa shape index (κ1) is 10.5. The highest BCUT2D eigenvalue weighted by molar-refractivity contribution is 5.53. The molecule has 0 aliphatic rings. The van der Waals surface area contributed by atoms with Crippen molar-refractivity contribution in [2.75, 3.05) is 11.9 Å². The van der Waals surface area contributed by atoms with Gasteiger partial charge in [0.05, 0.1) is 11.4 Å². The zero-order valence-corrected chi connectivity index (χ0v) is 9.55. The molecule has 2 heterocycles. The molecule has 16 heavy (non-hydrogen) atoms. The van der Waals surface area contributed by atoms with Crippen molar-refractivity contribution in [3.8, 4) is 0 Å². The predicted octanol–water partition coefficient (Wildman–Crippen LogP) is 1.65. The van der Waals surface area contributed by atoms with Gasteiger partial charge in [0.15, 0.2) is 11.6 Å². The van der Waals surface area contributed by atoms with Gasteiger partial charge in [-0.25, -0.2) is 0 Å². The van der Waals surface area contributed by atoms with Gasteiger partial charge in [0.1, 0.15) is 0 Å². The molecule has 0 bridgehead atoms. The molecule has 5 heteroatoms. The van der Waals surface area contributed by atoms with E-state index in [2.05, 4.69) is 20.4 Å². The SMILES string of the molecule is Cc1ccc(N(C)c2ccc(C)nn2)nn1. The maximum Gasteiger partial charge on any atom is 0.156 e. The molecule has 0 aliphatic carbocycles. The van der Waals surface area contributed by atoms with Gasteiger partial charge in [-0.15, -0.1) is 10.2 Å². The molecule has 0 aromatic carbocycles. The molecule has 0 spiro atoms. The van der Waals surface area contributed by atoms with Gasteiger partial charge in [0.25, 0.3) is 0 Å². The number of nitrogens with zero attached hydrogens (tertiary/aromatic N) is 5. The summed E-state index contributed by atoms with van der Waals surface area (Å²) in [5.41, 5.74) is 1.79. The second-order valence-corrected chi connectivity index (χ2v) is 3.62. The lowest BCUT2D eigenvalue weighted by atomic mass is 10.4. The van der Waals surface area contributed by atoms with E-state index in [-0.39, 0.29) is 0 Å². The molecule has 2 aromatic rings. The summed E-state index contributed by atoms with van der Waals surface area (Å²) in [6.45, 7) is 3.81. The van der Waals surface area contributed by atoms with Crippen LogP contribution < -0.4 is 4.90 Å². The lowest BCUT2D eigenvalue weighted by molar-refractivity contribution is 0.911. The molecule has 5 nitrogen and oxygen atoms in total. The first-order valence-corrected chi connectivity index (χ1v) is 5.01. The molecule has 0 saturated heterocycles. The standard InChI is InChI=1S/C11H13N5/c1-8-4-6-10(14-12-8)16(3)11-7-5-9(2)13-15-11/h4-7H,1-3H3. The van der Waals surface area contributed by atoms with Crippen LogP contribution in [0.3, 0.4) is 0 Å². The third kappa shape index (κ3) is 2.13. The molecule has 0 amide bonds. The Morgan fingerprint density at radius 3 is 1.50 bits per heavy atom. The summed E-state index contributed by atoms with van der Waals surface area (Å²) in [4.78, 5) is 1.85. The Hall–Kier alpha value is -2.04. The van der Waals surface area contributed by atoms with E-state index < -0.39 is 0 Å². The number of hydrogen-bond acceptors (Lipinski definition) is 5. The summed E-state index contributed by atoms with van der Waals surface area (Å²) < 4.78 is 0. The van der Waals surface area contributed by atoms with E-state index in [4.69, 9.17) is 0 Å². The van der Waals surface area contributed by atoms with E-state index in [1.54, 1.807) is 0 Å². The van der Waals surface area contributed by atoms with Crippen LogP contribution in [0.1, 0.15) is 11.4 Å². The van der Waals surface area contributed by atoms with Crippen molar-refractivity contribution in [1.29, 1.82) is 0 Å². The average Bonchev–Trinajstić information content (AvgIpc) is 2.30. The van der Waals surface area contributed by atoms with Gasteiger partial charge < -0.3 is 4.90 Å². The van der Waals surface area contributed by atoms with Crippen LogP contribution in [0.15, 0.2) is 24.3 Å². The summed E-state index contributed by atoms with van der Waals surface area (Å²) >= 11 is 0. The minimum Gasteiger partial charge on any atom is -0.311 e. The lowest BCUT2D eigenvalue weighted by Gasteiger charge is -2.15. The Morgan fingerprint density at radius 1 is 0.750 bits per heavy atom. The fourth-order valence-electron chi connectivity index (χ4n) is 1.26. The van der Waals surface area contributed by atoms with E-state index in [0.717, 1.165) is 23.0 Å². The normalized spacial score (nSPS) is 10.2. The zero-order valence-electron chi connectivity index (χ0n) is 9.55. The Labute approximate surface area is 94.2 Å².